The molecule has 0 saturated carbocycles. The number of carbonyl (C=O) groups excluding carboxylic acids is 1. The van der Waals surface area contributed by atoms with Gasteiger partial charge >= 0.3 is 0 Å². The Kier molecular flexibility index (Phi) is 2.73. The number of carbonyl (C=O) groups is 1. The van der Waals surface area contributed by atoms with Gasteiger partial charge in [-0.2, -0.15) is 5.10 Å². The lowest BCUT2D eigenvalue weighted by Gasteiger charge is -2.12. The highest BCUT2D eigenvalue weighted by atomic mass is 16.2. The van der Waals surface area contributed by atoms with Gasteiger partial charge in [-0.15, -0.1) is 0 Å². The van der Waals surface area contributed by atoms with E-state index in [-0.39, 0.29) is 11.8 Å². The molecular formula is C10H16N4O. The first-order chi connectivity index (χ1) is 7.22. The quantitative estimate of drug-likeness (QED) is 0.293. The Morgan fingerprint density at radius 1 is 1.73 bits per heavy atom. The molecule has 0 bridgehead atoms. The number of rotatable bonds is 1. The second kappa shape index (κ2) is 4.02. The van der Waals surface area contributed by atoms with Crippen molar-refractivity contribution in [1.29, 1.82) is 0 Å². The van der Waals surface area contributed by atoms with Gasteiger partial charge < -0.3 is 0 Å². The summed E-state index contributed by atoms with van der Waals surface area (Å²) < 4.78 is 1.86. The van der Waals surface area contributed by atoms with Gasteiger partial charge in [0.25, 0.3) is 0 Å². The Hall–Kier alpha value is -1.36. The van der Waals surface area contributed by atoms with Crippen LogP contribution in [0.4, 0.5) is 0 Å². The van der Waals surface area contributed by atoms with Crippen molar-refractivity contribution in [2.75, 3.05) is 0 Å². The Bertz CT molecular complexity index is 371. The van der Waals surface area contributed by atoms with E-state index in [0.717, 1.165) is 25.7 Å². The highest BCUT2D eigenvalue weighted by Crippen LogP contribution is 2.23. The van der Waals surface area contributed by atoms with Crippen molar-refractivity contribution in [3.63, 3.8) is 0 Å². The SMILES string of the molecule is Cn1ncc2c1C[C@H](C(=O)NN)CCC2. The lowest BCUT2D eigenvalue weighted by molar-refractivity contribution is -0.125. The van der Waals surface area contributed by atoms with E-state index in [1.54, 1.807) is 0 Å². The fourth-order valence-corrected chi connectivity index (χ4v) is 2.20. The van der Waals surface area contributed by atoms with Crippen LogP contribution in [-0.2, 0) is 24.7 Å². The van der Waals surface area contributed by atoms with Crippen LogP contribution in [0.25, 0.3) is 0 Å². The van der Waals surface area contributed by atoms with E-state index >= 15 is 0 Å². The van der Waals surface area contributed by atoms with E-state index in [0.29, 0.717) is 0 Å². The summed E-state index contributed by atoms with van der Waals surface area (Å²) in [4.78, 5) is 11.5. The summed E-state index contributed by atoms with van der Waals surface area (Å²) in [6.07, 6.45) is 5.58. The van der Waals surface area contributed by atoms with Crippen LogP contribution in [-0.4, -0.2) is 15.7 Å². The number of hydrazine groups is 1. The van der Waals surface area contributed by atoms with E-state index in [1.807, 2.05) is 17.9 Å². The van der Waals surface area contributed by atoms with Crippen LogP contribution in [0, 0.1) is 5.92 Å². The van der Waals surface area contributed by atoms with E-state index < -0.39 is 0 Å². The van der Waals surface area contributed by atoms with E-state index in [4.69, 9.17) is 5.84 Å². The molecule has 0 saturated heterocycles. The van der Waals surface area contributed by atoms with Gasteiger partial charge in [-0.25, -0.2) is 5.84 Å². The number of aromatic nitrogens is 2. The molecule has 0 aliphatic heterocycles. The molecule has 15 heavy (non-hydrogen) atoms. The van der Waals surface area contributed by atoms with Gasteiger partial charge in [-0.1, -0.05) is 0 Å². The molecule has 82 valence electrons. The third-order valence-corrected chi connectivity index (χ3v) is 3.10. The van der Waals surface area contributed by atoms with Gasteiger partial charge in [-0.3, -0.25) is 14.9 Å². The summed E-state index contributed by atoms with van der Waals surface area (Å²) in [5.41, 5.74) is 4.67. The highest BCUT2D eigenvalue weighted by Gasteiger charge is 2.24. The molecule has 1 heterocycles. The zero-order chi connectivity index (χ0) is 10.8. The number of hydrogen-bond acceptors (Lipinski definition) is 3. The third kappa shape index (κ3) is 1.87. The van der Waals surface area contributed by atoms with Crippen LogP contribution in [0.15, 0.2) is 6.20 Å². The lowest BCUT2D eigenvalue weighted by atomic mass is 9.99. The molecule has 1 aliphatic rings. The average Bonchev–Trinajstić information content (AvgIpc) is 2.50. The summed E-state index contributed by atoms with van der Waals surface area (Å²) in [6.45, 7) is 0. The average molecular weight is 208 g/mol. The van der Waals surface area contributed by atoms with Crippen LogP contribution in [0.1, 0.15) is 24.1 Å². The van der Waals surface area contributed by atoms with Crippen LogP contribution in [0.3, 0.4) is 0 Å². The van der Waals surface area contributed by atoms with Crippen LogP contribution >= 0.6 is 0 Å². The van der Waals surface area contributed by atoms with Crippen molar-refractivity contribution >= 4 is 5.91 Å². The maximum atomic E-state index is 11.5. The fraction of sp³-hybridized carbons (Fsp3) is 0.600. The lowest BCUT2D eigenvalue weighted by Crippen LogP contribution is -2.36. The number of nitrogens with one attached hydrogen (secondary N) is 1. The molecule has 0 fully saturated rings. The molecular weight excluding hydrogens is 192 g/mol. The highest BCUT2D eigenvalue weighted by molar-refractivity contribution is 5.78. The fourth-order valence-electron chi connectivity index (χ4n) is 2.20. The molecule has 3 N–H and O–H groups in total. The second-order valence-corrected chi connectivity index (χ2v) is 4.04. The van der Waals surface area contributed by atoms with Crippen molar-refractivity contribution in [3.8, 4) is 0 Å². The number of amides is 1. The van der Waals surface area contributed by atoms with E-state index in [2.05, 4.69) is 10.5 Å². The Morgan fingerprint density at radius 2 is 2.53 bits per heavy atom. The van der Waals surface area contributed by atoms with Crippen molar-refractivity contribution in [2.45, 2.75) is 25.7 Å². The number of fused-ring (bicyclic) bond motifs is 1. The van der Waals surface area contributed by atoms with Gasteiger partial charge in [0, 0.05) is 25.1 Å². The molecule has 1 aromatic heterocycles. The summed E-state index contributed by atoms with van der Waals surface area (Å²) >= 11 is 0. The minimum Gasteiger partial charge on any atom is -0.294 e. The molecule has 0 unspecified atom stereocenters. The first-order valence-electron chi connectivity index (χ1n) is 5.22. The van der Waals surface area contributed by atoms with Crippen LogP contribution in [0.5, 0.6) is 0 Å². The first kappa shape index (κ1) is 10.2. The predicted octanol–water partition coefficient (Wildman–Crippen LogP) is -0.0950. The molecule has 1 amide bonds. The molecule has 5 heteroatoms. The zero-order valence-electron chi connectivity index (χ0n) is 8.86. The number of nitrogens with two attached hydrogens (primary N) is 1. The Morgan fingerprint density at radius 3 is 3.27 bits per heavy atom. The minimum absolute atomic E-state index is 0.00773. The Balaban J connectivity index is 2.23. The summed E-state index contributed by atoms with van der Waals surface area (Å²) in [6, 6.07) is 0. The summed E-state index contributed by atoms with van der Waals surface area (Å²) in [7, 11) is 1.92. The van der Waals surface area contributed by atoms with Crippen molar-refractivity contribution in [1.82, 2.24) is 15.2 Å². The zero-order valence-corrected chi connectivity index (χ0v) is 8.86. The molecule has 5 nitrogen and oxygen atoms in total. The number of aryl methyl sites for hydroxylation is 2. The second-order valence-electron chi connectivity index (χ2n) is 4.04. The maximum absolute atomic E-state index is 11.5. The van der Waals surface area contributed by atoms with E-state index in [1.165, 1.54) is 11.3 Å². The van der Waals surface area contributed by atoms with Crippen LogP contribution < -0.4 is 11.3 Å². The van der Waals surface area contributed by atoms with Crippen LogP contribution in [0.2, 0.25) is 0 Å². The largest absolute Gasteiger partial charge is 0.294 e. The first-order valence-corrected chi connectivity index (χ1v) is 5.22. The molecule has 0 spiro atoms. The van der Waals surface area contributed by atoms with Gasteiger partial charge in [0.15, 0.2) is 0 Å². The van der Waals surface area contributed by atoms with Gasteiger partial charge in [-0.05, 0) is 24.8 Å². The predicted molar refractivity (Wildman–Crippen MR) is 55.7 cm³/mol. The molecule has 1 aliphatic carbocycles. The van der Waals surface area contributed by atoms with Crippen molar-refractivity contribution in [3.05, 3.63) is 17.5 Å². The minimum atomic E-state index is -0.0657. The maximum Gasteiger partial charge on any atom is 0.237 e. The normalized spacial score (nSPS) is 20.5. The smallest absolute Gasteiger partial charge is 0.237 e. The monoisotopic (exact) mass is 208 g/mol. The molecule has 0 aromatic carbocycles. The summed E-state index contributed by atoms with van der Waals surface area (Å²) in [5.74, 6) is 5.09. The molecule has 1 aromatic rings. The topological polar surface area (TPSA) is 72.9 Å². The standard InChI is InChI=1S/C10H16N4O/c1-14-9-5-7(10(15)13-11)3-2-4-8(9)6-12-14/h6-7H,2-5,11H2,1H3,(H,13,15)/t7-/m1/s1. The van der Waals surface area contributed by atoms with Gasteiger partial charge in [0.1, 0.15) is 0 Å². The molecule has 2 rings (SSSR count). The molecule has 0 radical (unpaired) electrons. The van der Waals surface area contributed by atoms with Gasteiger partial charge in [0.05, 0.1) is 6.20 Å². The number of hydrogen-bond donors (Lipinski definition) is 2. The van der Waals surface area contributed by atoms with Gasteiger partial charge in [0.2, 0.25) is 5.91 Å². The number of nitrogens with zero attached hydrogens (tertiary/aromatic N) is 2. The van der Waals surface area contributed by atoms with E-state index in [9.17, 15) is 4.79 Å². The van der Waals surface area contributed by atoms with Crippen molar-refractivity contribution in [2.24, 2.45) is 18.8 Å². The third-order valence-electron chi connectivity index (χ3n) is 3.10. The molecule has 1 atom stereocenters. The Labute approximate surface area is 88.6 Å². The van der Waals surface area contributed by atoms with Crippen molar-refractivity contribution < 1.29 is 4.79 Å². The summed E-state index contributed by atoms with van der Waals surface area (Å²) in [5, 5.41) is 4.21.